The highest BCUT2D eigenvalue weighted by atomic mass is 16.5. The lowest BCUT2D eigenvalue weighted by molar-refractivity contribution is 0.0714. The molecule has 2 unspecified atom stereocenters. The van der Waals surface area contributed by atoms with Gasteiger partial charge >= 0.3 is 0 Å². The van der Waals surface area contributed by atoms with E-state index in [0.717, 1.165) is 32.7 Å². The Bertz CT molecular complexity index is 144. The van der Waals surface area contributed by atoms with Gasteiger partial charge in [0, 0.05) is 25.2 Å². The summed E-state index contributed by atoms with van der Waals surface area (Å²) in [5.41, 5.74) is 0. The number of ether oxygens (including phenoxy) is 1. The zero-order valence-corrected chi connectivity index (χ0v) is 8.38. The molecule has 1 saturated heterocycles. The molecule has 2 N–H and O–H groups in total. The molecule has 13 heavy (non-hydrogen) atoms. The van der Waals surface area contributed by atoms with Gasteiger partial charge in [-0.2, -0.15) is 0 Å². The van der Waals surface area contributed by atoms with E-state index in [4.69, 9.17) is 4.74 Å². The Morgan fingerprint density at radius 2 is 2.62 bits per heavy atom. The molecule has 3 heteroatoms. The van der Waals surface area contributed by atoms with Crippen LogP contribution in [0.5, 0.6) is 0 Å². The smallest absolute Gasteiger partial charge is 0.0620 e. The fraction of sp³-hybridized carbons (Fsp3) is 0.800. The van der Waals surface area contributed by atoms with Crippen LogP contribution in [0.3, 0.4) is 0 Å². The summed E-state index contributed by atoms with van der Waals surface area (Å²) in [5.74, 6) is 0. The molecule has 0 aromatic rings. The second kappa shape index (κ2) is 6.13. The summed E-state index contributed by atoms with van der Waals surface area (Å²) >= 11 is 0. The number of hydrogen-bond acceptors (Lipinski definition) is 3. The molecule has 0 amide bonds. The van der Waals surface area contributed by atoms with Crippen molar-refractivity contribution in [3.8, 4) is 0 Å². The van der Waals surface area contributed by atoms with E-state index in [9.17, 15) is 0 Å². The van der Waals surface area contributed by atoms with Crippen molar-refractivity contribution in [1.29, 1.82) is 0 Å². The van der Waals surface area contributed by atoms with E-state index in [2.05, 4.69) is 24.1 Å². The van der Waals surface area contributed by atoms with Gasteiger partial charge in [-0.15, -0.1) is 6.58 Å². The van der Waals surface area contributed by atoms with Crippen molar-refractivity contribution in [2.75, 3.05) is 26.3 Å². The molecule has 1 aliphatic rings. The summed E-state index contributed by atoms with van der Waals surface area (Å²) in [6, 6.07) is 1.04. The molecule has 0 aromatic heterocycles. The molecule has 0 aliphatic carbocycles. The first kappa shape index (κ1) is 10.7. The average molecular weight is 184 g/mol. The average Bonchev–Trinajstić information content (AvgIpc) is 2.16. The van der Waals surface area contributed by atoms with E-state index < -0.39 is 0 Å². The summed E-state index contributed by atoms with van der Waals surface area (Å²) in [6.45, 7) is 9.44. The first-order chi connectivity index (χ1) is 6.33. The maximum atomic E-state index is 5.38. The van der Waals surface area contributed by atoms with Gasteiger partial charge in [-0.3, -0.25) is 0 Å². The maximum Gasteiger partial charge on any atom is 0.0620 e. The summed E-state index contributed by atoms with van der Waals surface area (Å²) in [4.78, 5) is 0. The molecule has 1 heterocycles. The Balaban J connectivity index is 2.10. The summed E-state index contributed by atoms with van der Waals surface area (Å²) < 4.78 is 5.38. The number of hydrogen-bond donors (Lipinski definition) is 2. The van der Waals surface area contributed by atoms with Gasteiger partial charge in [0.1, 0.15) is 0 Å². The summed E-state index contributed by atoms with van der Waals surface area (Å²) in [5, 5.41) is 6.80. The Kier molecular flexibility index (Phi) is 5.05. The molecular weight excluding hydrogens is 164 g/mol. The lowest BCUT2D eigenvalue weighted by atomic mass is 10.1. The van der Waals surface area contributed by atoms with Gasteiger partial charge < -0.3 is 15.4 Å². The minimum absolute atomic E-state index is 0.515. The Labute approximate surface area is 80.5 Å². The van der Waals surface area contributed by atoms with Crippen LogP contribution in [0.2, 0.25) is 0 Å². The zero-order chi connectivity index (χ0) is 9.52. The Morgan fingerprint density at radius 1 is 1.77 bits per heavy atom. The molecule has 3 nitrogen and oxygen atoms in total. The van der Waals surface area contributed by atoms with Crippen LogP contribution >= 0.6 is 0 Å². The van der Waals surface area contributed by atoms with Crippen LogP contribution in [-0.4, -0.2) is 38.4 Å². The monoisotopic (exact) mass is 184 g/mol. The molecule has 0 aromatic carbocycles. The fourth-order valence-corrected chi connectivity index (χ4v) is 1.57. The van der Waals surface area contributed by atoms with Crippen LogP contribution in [0.1, 0.15) is 13.3 Å². The van der Waals surface area contributed by atoms with Crippen LogP contribution in [0, 0.1) is 0 Å². The SMILES string of the molecule is C=CCNC(C)CC1COCCN1. The molecule has 0 spiro atoms. The minimum Gasteiger partial charge on any atom is -0.379 e. The van der Waals surface area contributed by atoms with E-state index in [1.807, 2.05) is 6.08 Å². The standard InChI is InChI=1S/C10H20N2O/c1-3-4-11-9(2)7-10-8-13-6-5-12-10/h3,9-12H,1,4-8H2,2H3. The van der Waals surface area contributed by atoms with Gasteiger partial charge in [-0.25, -0.2) is 0 Å². The molecule has 0 saturated carbocycles. The summed E-state index contributed by atoms with van der Waals surface area (Å²) in [6.07, 6.45) is 3.01. The predicted octanol–water partition coefficient (Wildman–Crippen LogP) is 0.529. The van der Waals surface area contributed by atoms with Crippen molar-refractivity contribution in [3.63, 3.8) is 0 Å². The first-order valence-corrected chi connectivity index (χ1v) is 4.98. The second-order valence-corrected chi connectivity index (χ2v) is 3.56. The van der Waals surface area contributed by atoms with Crippen molar-refractivity contribution < 1.29 is 4.74 Å². The van der Waals surface area contributed by atoms with E-state index in [1.54, 1.807) is 0 Å². The molecule has 1 rings (SSSR count). The van der Waals surface area contributed by atoms with Gasteiger partial charge in [0.15, 0.2) is 0 Å². The lowest BCUT2D eigenvalue weighted by Gasteiger charge is -2.26. The van der Waals surface area contributed by atoms with Crippen LogP contribution in [0.25, 0.3) is 0 Å². The van der Waals surface area contributed by atoms with E-state index >= 15 is 0 Å². The van der Waals surface area contributed by atoms with Gasteiger partial charge in [0.05, 0.1) is 13.2 Å². The Hall–Kier alpha value is -0.380. The predicted molar refractivity (Wildman–Crippen MR) is 54.9 cm³/mol. The van der Waals surface area contributed by atoms with Crippen molar-refractivity contribution >= 4 is 0 Å². The van der Waals surface area contributed by atoms with Crippen molar-refractivity contribution in [2.45, 2.75) is 25.4 Å². The molecule has 0 radical (unpaired) electrons. The highest BCUT2D eigenvalue weighted by molar-refractivity contribution is 4.78. The molecule has 76 valence electrons. The van der Waals surface area contributed by atoms with Crippen molar-refractivity contribution in [1.82, 2.24) is 10.6 Å². The number of rotatable bonds is 5. The van der Waals surface area contributed by atoms with Gasteiger partial charge in [0.25, 0.3) is 0 Å². The van der Waals surface area contributed by atoms with Crippen LogP contribution in [-0.2, 0) is 4.74 Å². The fourth-order valence-electron chi connectivity index (χ4n) is 1.57. The summed E-state index contributed by atoms with van der Waals surface area (Å²) in [7, 11) is 0. The lowest BCUT2D eigenvalue weighted by Crippen LogP contribution is -2.45. The molecular formula is C10H20N2O. The van der Waals surface area contributed by atoms with Crippen molar-refractivity contribution in [2.24, 2.45) is 0 Å². The third kappa shape index (κ3) is 4.41. The van der Waals surface area contributed by atoms with Crippen molar-refractivity contribution in [3.05, 3.63) is 12.7 Å². The highest BCUT2D eigenvalue weighted by Crippen LogP contribution is 2.01. The normalized spacial score (nSPS) is 25.5. The number of morpholine rings is 1. The quantitative estimate of drug-likeness (QED) is 0.611. The Morgan fingerprint density at radius 3 is 3.23 bits per heavy atom. The molecule has 1 fully saturated rings. The molecule has 2 atom stereocenters. The van der Waals surface area contributed by atoms with E-state index in [0.29, 0.717) is 12.1 Å². The third-order valence-corrected chi connectivity index (χ3v) is 2.25. The van der Waals surface area contributed by atoms with E-state index in [-0.39, 0.29) is 0 Å². The topological polar surface area (TPSA) is 33.3 Å². The highest BCUT2D eigenvalue weighted by Gasteiger charge is 2.15. The van der Waals surface area contributed by atoms with Gasteiger partial charge in [0.2, 0.25) is 0 Å². The zero-order valence-electron chi connectivity index (χ0n) is 8.38. The van der Waals surface area contributed by atoms with Crippen LogP contribution < -0.4 is 10.6 Å². The third-order valence-electron chi connectivity index (χ3n) is 2.25. The largest absolute Gasteiger partial charge is 0.379 e. The van der Waals surface area contributed by atoms with Crippen LogP contribution in [0.15, 0.2) is 12.7 Å². The molecule has 0 bridgehead atoms. The van der Waals surface area contributed by atoms with Crippen LogP contribution in [0.4, 0.5) is 0 Å². The molecule has 1 aliphatic heterocycles. The van der Waals surface area contributed by atoms with E-state index in [1.165, 1.54) is 0 Å². The number of nitrogens with one attached hydrogen (secondary N) is 2. The maximum absolute atomic E-state index is 5.38. The first-order valence-electron chi connectivity index (χ1n) is 4.98. The van der Waals surface area contributed by atoms with Gasteiger partial charge in [-0.05, 0) is 13.3 Å². The minimum atomic E-state index is 0.515. The second-order valence-electron chi connectivity index (χ2n) is 3.56. The van der Waals surface area contributed by atoms with Gasteiger partial charge in [-0.1, -0.05) is 6.08 Å².